The maximum absolute atomic E-state index is 12.8. The average Bonchev–Trinajstić information content (AvgIpc) is 3.13. The van der Waals surface area contributed by atoms with Crippen LogP contribution in [-0.2, 0) is 23.9 Å². The fraction of sp³-hybridized carbons (Fsp3) is 0.182. The third-order valence-electron chi connectivity index (χ3n) is 4.97. The van der Waals surface area contributed by atoms with Crippen molar-refractivity contribution < 1.29 is 18.0 Å². The first-order valence-electron chi connectivity index (χ1n) is 9.34. The molecule has 0 saturated heterocycles. The van der Waals surface area contributed by atoms with E-state index in [0.29, 0.717) is 18.0 Å². The Hall–Kier alpha value is -3.55. The number of nitrogens with one attached hydrogen (secondary N) is 1. The molecular weight excluding hydrogens is 395 g/mol. The number of rotatable bonds is 4. The number of alkyl halides is 3. The summed E-state index contributed by atoms with van der Waals surface area (Å²) in [5, 5.41) is 2.61. The van der Waals surface area contributed by atoms with Gasteiger partial charge in [0.15, 0.2) is 0 Å². The summed E-state index contributed by atoms with van der Waals surface area (Å²) in [4.78, 5) is 26.2. The molecule has 0 bridgehead atoms. The minimum atomic E-state index is -4.59. The predicted molar refractivity (Wildman–Crippen MR) is 108 cm³/mol. The summed E-state index contributed by atoms with van der Waals surface area (Å²) in [5.74, 6) is -0.587. The summed E-state index contributed by atoms with van der Waals surface area (Å²) >= 11 is 0. The number of carbonyl (C=O) groups excluding carboxylic acids is 1. The molecule has 1 N–H and O–H groups in total. The zero-order valence-electron chi connectivity index (χ0n) is 15.8. The van der Waals surface area contributed by atoms with Crippen molar-refractivity contribution in [2.75, 3.05) is 16.8 Å². The Bertz CT molecular complexity index is 1140. The van der Waals surface area contributed by atoms with Gasteiger partial charge in [-0.1, -0.05) is 18.2 Å². The van der Waals surface area contributed by atoms with Crippen LogP contribution < -0.4 is 15.8 Å². The monoisotopic (exact) mass is 413 g/mol. The number of halogens is 3. The Kier molecular flexibility index (Phi) is 5.07. The molecule has 0 saturated carbocycles. The van der Waals surface area contributed by atoms with Gasteiger partial charge in [0, 0.05) is 35.9 Å². The fourth-order valence-corrected chi connectivity index (χ4v) is 3.51. The number of para-hydroxylation sites is 1. The first-order valence-corrected chi connectivity index (χ1v) is 9.34. The number of amides is 1. The normalized spacial score (nSPS) is 13.2. The van der Waals surface area contributed by atoms with Gasteiger partial charge in [0.1, 0.15) is 6.54 Å². The summed E-state index contributed by atoms with van der Waals surface area (Å²) in [5.41, 5.74) is 2.24. The summed E-state index contributed by atoms with van der Waals surface area (Å²) in [6.45, 7) is 0.355. The zero-order chi connectivity index (χ0) is 21.3. The van der Waals surface area contributed by atoms with Crippen molar-refractivity contribution in [3.05, 3.63) is 88.3 Å². The first kappa shape index (κ1) is 19.8. The molecule has 0 atom stereocenters. The number of nitrogens with zero attached hydrogens (tertiary/aromatic N) is 2. The first-order chi connectivity index (χ1) is 14.3. The van der Waals surface area contributed by atoms with Crippen LogP contribution in [0, 0.1) is 0 Å². The highest BCUT2D eigenvalue weighted by molar-refractivity contribution is 5.90. The Balaban J connectivity index is 1.44. The van der Waals surface area contributed by atoms with Crippen LogP contribution in [0.3, 0.4) is 0 Å². The van der Waals surface area contributed by atoms with Gasteiger partial charge in [0.2, 0.25) is 5.91 Å². The lowest BCUT2D eigenvalue weighted by atomic mass is 10.2. The van der Waals surface area contributed by atoms with Crippen LogP contribution in [0.2, 0.25) is 0 Å². The van der Waals surface area contributed by atoms with Crippen molar-refractivity contribution in [3.63, 3.8) is 0 Å². The topological polar surface area (TPSA) is 54.3 Å². The highest BCUT2D eigenvalue weighted by atomic mass is 19.4. The van der Waals surface area contributed by atoms with E-state index < -0.39 is 29.8 Å². The standard InChI is InChI=1S/C22H18F3N3O2/c23-22(24,25)16-5-10-21(30)27(13-16)14-20(29)26-17-6-8-18(9-7-17)28-12-11-15-3-1-2-4-19(15)28/h1-10,13H,11-12,14H2,(H,26,29). The third kappa shape index (κ3) is 4.07. The van der Waals surface area contributed by atoms with Gasteiger partial charge in [-0.15, -0.1) is 0 Å². The van der Waals surface area contributed by atoms with E-state index in [1.165, 1.54) is 5.56 Å². The van der Waals surface area contributed by atoms with E-state index in [0.717, 1.165) is 35.0 Å². The summed E-state index contributed by atoms with van der Waals surface area (Å²) in [6.07, 6.45) is -2.98. The van der Waals surface area contributed by atoms with Gasteiger partial charge < -0.3 is 14.8 Å². The molecule has 4 rings (SSSR count). The number of benzene rings is 2. The van der Waals surface area contributed by atoms with E-state index in [-0.39, 0.29) is 0 Å². The molecule has 2 heterocycles. The van der Waals surface area contributed by atoms with Gasteiger partial charge in [0.25, 0.3) is 5.56 Å². The quantitative estimate of drug-likeness (QED) is 0.698. The van der Waals surface area contributed by atoms with Crippen molar-refractivity contribution in [3.8, 4) is 0 Å². The van der Waals surface area contributed by atoms with E-state index in [4.69, 9.17) is 0 Å². The molecule has 1 amide bonds. The van der Waals surface area contributed by atoms with Gasteiger partial charge in [-0.3, -0.25) is 9.59 Å². The van der Waals surface area contributed by atoms with Gasteiger partial charge in [-0.05, 0) is 48.4 Å². The minimum absolute atomic E-state index is 0.497. The predicted octanol–water partition coefficient (Wildman–Crippen LogP) is 4.20. The zero-order valence-corrected chi connectivity index (χ0v) is 15.8. The Morgan fingerprint density at radius 1 is 1.00 bits per heavy atom. The molecule has 1 aromatic heterocycles. The van der Waals surface area contributed by atoms with Gasteiger partial charge in [-0.2, -0.15) is 13.2 Å². The highest BCUT2D eigenvalue weighted by Gasteiger charge is 2.31. The minimum Gasteiger partial charge on any atom is -0.341 e. The van der Waals surface area contributed by atoms with Crippen molar-refractivity contribution in [2.24, 2.45) is 0 Å². The van der Waals surface area contributed by atoms with Crippen LogP contribution >= 0.6 is 0 Å². The maximum atomic E-state index is 12.8. The van der Waals surface area contributed by atoms with Gasteiger partial charge in [0.05, 0.1) is 5.56 Å². The number of aromatic nitrogens is 1. The summed E-state index contributed by atoms with van der Waals surface area (Å²) in [6, 6.07) is 16.8. The Morgan fingerprint density at radius 3 is 2.47 bits per heavy atom. The van der Waals surface area contributed by atoms with E-state index >= 15 is 0 Å². The van der Waals surface area contributed by atoms with Gasteiger partial charge in [-0.25, -0.2) is 0 Å². The second-order valence-corrected chi connectivity index (χ2v) is 7.01. The molecule has 0 radical (unpaired) electrons. The lowest BCUT2D eigenvalue weighted by Crippen LogP contribution is -2.28. The van der Waals surface area contributed by atoms with E-state index in [9.17, 15) is 22.8 Å². The van der Waals surface area contributed by atoms with E-state index in [1.807, 2.05) is 24.3 Å². The molecule has 154 valence electrons. The maximum Gasteiger partial charge on any atom is 0.417 e. The van der Waals surface area contributed by atoms with Crippen LogP contribution in [0.1, 0.15) is 11.1 Å². The second-order valence-electron chi connectivity index (χ2n) is 7.01. The number of carbonyl (C=O) groups is 1. The molecule has 2 aromatic carbocycles. The lowest BCUT2D eigenvalue weighted by Gasteiger charge is -2.20. The molecule has 30 heavy (non-hydrogen) atoms. The molecule has 0 spiro atoms. The largest absolute Gasteiger partial charge is 0.417 e. The SMILES string of the molecule is O=C(Cn1cc(C(F)(F)F)ccc1=O)Nc1ccc(N2CCc3ccccc32)cc1. The number of hydrogen-bond acceptors (Lipinski definition) is 3. The van der Waals surface area contributed by atoms with Crippen LogP contribution in [-0.4, -0.2) is 17.0 Å². The van der Waals surface area contributed by atoms with Crippen molar-refractivity contribution >= 4 is 23.0 Å². The second kappa shape index (κ2) is 7.70. The molecule has 0 aliphatic carbocycles. The lowest BCUT2D eigenvalue weighted by molar-refractivity contribution is -0.138. The number of pyridine rings is 1. The van der Waals surface area contributed by atoms with Crippen molar-refractivity contribution in [1.82, 2.24) is 4.57 Å². The van der Waals surface area contributed by atoms with Crippen LogP contribution in [0.4, 0.5) is 30.2 Å². The van der Waals surface area contributed by atoms with Crippen LogP contribution in [0.5, 0.6) is 0 Å². The van der Waals surface area contributed by atoms with E-state index in [1.54, 1.807) is 12.1 Å². The average molecular weight is 413 g/mol. The molecule has 1 aliphatic heterocycles. The van der Waals surface area contributed by atoms with Crippen LogP contribution in [0.25, 0.3) is 0 Å². The molecule has 1 aliphatic rings. The number of hydrogen-bond donors (Lipinski definition) is 1. The van der Waals surface area contributed by atoms with Crippen molar-refractivity contribution in [1.29, 1.82) is 0 Å². The molecule has 0 fully saturated rings. The summed E-state index contributed by atoms with van der Waals surface area (Å²) < 4.78 is 39.2. The molecule has 5 nitrogen and oxygen atoms in total. The number of anilines is 3. The Labute approximate surface area is 170 Å². The fourth-order valence-electron chi connectivity index (χ4n) is 3.51. The van der Waals surface area contributed by atoms with E-state index in [2.05, 4.69) is 22.3 Å². The smallest absolute Gasteiger partial charge is 0.341 e. The van der Waals surface area contributed by atoms with Crippen molar-refractivity contribution in [2.45, 2.75) is 19.1 Å². The third-order valence-corrected chi connectivity index (χ3v) is 4.97. The number of fused-ring (bicyclic) bond motifs is 1. The summed E-state index contributed by atoms with van der Waals surface area (Å²) in [7, 11) is 0. The van der Waals surface area contributed by atoms with Gasteiger partial charge >= 0.3 is 6.18 Å². The molecule has 8 heteroatoms. The Morgan fingerprint density at radius 2 is 1.73 bits per heavy atom. The van der Waals surface area contributed by atoms with Crippen LogP contribution in [0.15, 0.2) is 71.7 Å². The molecule has 0 unspecified atom stereocenters. The molecular formula is C22H18F3N3O2. The molecule has 3 aromatic rings. The highest BCUT2D eigenvalue weighted by Crippen LogP contribution is 2.34.